The monoisotopic (exact) mass is 180 g/mol. The summed E-state index contributed by atoms with van der Waals surface area (Å²) in [7, 11) is 1.49. The van der Waals surface area contributed by atoms with Gasteiger partial charge in [0.15, 0.2) is 0 Å². The van der Waals surface area contributed by atoms with Crippen molar-refractivity contribution in [3.63, 3.8) is 0 Å². The first-order valence-corrected chi connectivity index (χ1v) is 3.55. The minimum Gasteiger partial charge on any atom is -0.481 e. The lowest BCUT2D eigenvalue weighted by molar-refractivity contribution is -0.401. The number of aromatic nitrogens is 1. The van der Waals surface area contributed by atoms with Crippen LogP contribution in [-0.4, -0.2) is 17.0 Å². The maximum Gasteiger partial charge on any atom is 0.236 e. The fraction of sp³-hybridized carbons (Fsp3) is 0.125. The zero-order valence-electron chi connectivity index (χ0n) is 7.01. The van der Waals surface area contributed by atoms with Gasteiger partial charge >= 0.3 is 0 Å². The molecule has 0 amide bonds. The van der Waals surface area contributed by atoms with Crippen molar-refractivity contribution in [2.24, 2.45) is 0 Å². The Hall–Kier alpha value is -1.91. The molecule has 5 nitrogen and oxygen atoms in total. The van der Waals surface area contributed by atoms with Crippen LogP contribution in [0.15, 0.2) is 24.4 Å². The van der Waals surface area contributed by atoms with E-state index in [0.29, 0.717) is 11.6 Å². The first-order valence-electron chi connectivity index (χ1n) is 3.55. The maximum atomic E-state index is 9.99. The average Bonchev–Trinajstić information content (AvgIpc) is 2.15. The Morgan fingerprint density at radius 2 is 2.38 bits per heavy atom. The van der Waals surface area contributed by atoms with E-state index in [1.165, 1.54) is 13.2 Å². The Morgan fingerprint density at radius 3 is 3.00 bits per heavy atom. The number of hydrogen-bond acceptors (Lipinski definition) is 4. The molecule has 0 aliphatic rings. The number of rotatable bonds is 3. The van der Waals surface area contributed by atoms with Crippen LogP contribution in [0.3, 0.4) is 0 Å². The van der Waals surface area contributed by atoms with Gasteiger partial charge < -0.3 is 4.74 Å². The van der Waals surface area contributed by atoms with Gasteiger partial charge in [0, 0.05) is 12.1 Å². The van der Waals surface area contributed by atoms with Gasteiger partial charge in [-0.25, -0.2) is 4.98 Å². The summed E-state index contributed by atoms with van der Waals surface area (Å²) < 4.78 is 4.85. The van der Waals surface area contributed by atoms with Crippen LogP contribution in [0.1, 0.15) is 5.69 Å². The number of pyridine rings is 1. The summed E-state index contributed by atoms with van der Waals surface area (Å²) in [6.07, 6.45) is 2.14. The van der Waals surface area contributed by atoms with Crippen molar-refractivity contribution in [3.8, 4) is 5.88 Å². The molecule has 13 heavy (non-hydrogen) atoms. The molecule has 0 fully saturated rings. The van der Waals surface area contributed by atoms with Crippen LogP contribution in [0, 0.1) is 10.1 Å². The highest BCUT2D eigenvalue weighted by Gasteiger charge is 1.94. The summed E-state index contributed by atoms with van der Waals surface area (Å²) in [6.45, 7) is 0. The molecule has 0 atom stereocenters. The van der Waals surface area contributed by atoms with Crippen LogP contribution in [0.25, 0.3) is 6.08 Å². The minimum absolute atomic E-state index is 0.436. The number of nitro groups is 1. The lowest BCUT2D eigenvalue weighted by Gasteiger charge is -1.97. The molecule has 5 heteroatoms. The van der Waals surface area contributed by atoms with Crippen molar-refractivity contribution < 1.29 is 9.66 Å². The van der Waals surface area contributed by atoms with E-state index in [4.69, 9.17) is 4.74 Å². The van der Waals surface area contributed by atoms with E-state index >= 15 is 0 Å². The summed E-state index contributed by atoms with van der Waals surface area (Å²) >= 11 is 0. The van der Waals surface area contributed by atoms with Crippen LogP contribution in [0.4, 0.5) is 0 Å². The van der Waals surface area contributed by atoms with Gasteiger partial charge in [-0.05, 0) is 6.07 Å². The summed E-state index contributed by atoms with van der Waals surface area (Å²) in [6, 6.07) is 5.04. The van der Waals surface area contributed by atoms with E-state index < -0.39 is 4.92 Å². The van der Waals surface area contributed by atoms with Crippen LogP contribution in [0.5, 0.6) is 5.88 Å². The van der Waals surface area contributed by atoms with Gasteiger partial charge in [-0.1, -0.05) is 6.07 Å². The molecule has 0 saturated carbocycles. The number of hydrogen-bond donors (Lipinski definition) is 0. The normalized spacial score (nSPS) is 10.2. The summed E-state index contributed by atoms with van der Waals surface area (Å²) in [5.74, 6) is 0.436. The van der Waals surface area contributed by atoms with Crippen LogP contribution in [-0.2, 0) is 0 Å². The zero-order chi connectivity index (χ0) is 9.68. The summed E-state index contributed by atoms with van der Waals surface area (Å²) in [5, 5.41) is 9.99. The maximum absolute atomic E-state index is 9.99. The Bertz CT molecular complexity index is 336. The fourth-order valence-electron chi connectivity index (χ4n) is 0.775. The minimum atomic E-state index is -0.541. The zero-order valence-corrected chi connectivity index (χ0v) is 7.01. The van der Waals surface area contributed by atoms with E-state index in [0.717, 1.165) is 6.20 Å². The second-order valence-electron chi connectivity index (χ2n) is 2.21. The fourth-order valence-corrected chi connectivity index (χ4v) is 0.775. The van der Waals surface area contributed by atoms with E-state index in [2.05, 4.69) is 4.98 Å². The third kappa shape index (κ3) is 2.90. The molecule has 0 unspecified atom stereocenters. The highest BCUT2D eigenvalue weighted by molar-refractivity contribution is 5.43. The number of methoxy groups -OCH3 is 1. The number of ether oxygens (including phenoxy) is 1. The largest absolute Gasteiger partial charge is 0.481 e. The van der Waals surface area contributed by atoms with Gasteiger partial charge in [0.25, 0.3) is 0 Å². The molecule has 0 N–H and O–H groups in total. The lowest BCUT2D eigenvalue weighted by atomic mass is 10.3. The predicted octanol–water partition coefficient (Wildman–Crippen LogP) is 1.34. The highest BCUT2D eigenvalue weighted by atomic mass is 16.6. The van der Waals surface area contributed by atoms with Gasteiger partial charge in [-0.15, -0.1) is 0 Å². The van der Waals surface area contributed by atoms with Gasteiger partial charge in [0.1, 0.15) is 0 Å². The lowest BCUT2D eigenvalue weighted by Crippen LogP contribution is -1.89. The first kappa shape index (κ1) is 9.18. The molecular formula is C8H8N2O3. The molecular weight excluding hydrogens is 172 g/mol. The van der Waals surface area contributed by atoms with E-state index in [-0.39, 0.29) is 0 Å². The molecule has 1 rings (SSSR count). The topological polar surface area (TPSA) is 65.3 Å². The van der Waals surface area contributed by atoms with Crippen LogP contribution in [0.2, 0.25) is 0 Å². The molecule has 1 aromatic rings. The van der Waals surface area contributed by atoms with E-state index in [9.17, 15) is 10.1 Å². The first-order chi connectivity index (χ1) is 6.22. The Morgan fingerprint density at radius 1 is 1.62 bits per heavy atom. The van der Waals surface area contributed by atoms with Gasteiger partial charge in [0.05, 0.1) is 17.7 Å². The molecule has 0 aliphatic heterocycles. The number of nitrogens with zero attached hydrogens (tertiary/aromatic N) is 2. The second kappa shape index (κ2) is 4.20. The standard InChI is InChI=1S/C8H8N2O3/c1-13-8-4-2-3-7(9-8)5-6-10(11)12/h2-6H,1H3/b6-5+. The van der Waals surface area contributed by atoms with Gasteiger partial charge in [0.2, 0.25) is 12.1 Å². The van der Waals surface area contributed by atoms with Crippen molar-refractivity contribution in [3.05, 3.63) is 40.2 Å². The van der Waals surface area contributed by atoms with Crippen LogP contribution < -0.4 is 4.74 Å². The molecule has 1 heterocycles. The van der Waals surface area contributed by atoms with Crippen LogP contribution >= 0.6 is 0 Å². The molecule has 0 aliphatic carbocycles. The molecule has 0 aromatic carbocycles. The smallest absolute Gasteiger partial charge is 0.236 e. The SMILES string of the molecule is COc1cccc(/C=C/[N+](=O)[O-])n1. The molecule has 1 aromatic heterocycles. The quantitative estimate of drug-likeness (QED) is 0.520. The molecule has 0 radical (unpaired) electrons. The third-order valence-corrected chi connectivity index (χ3v) is 1.32. The summed E-state index contributed by atoms with van der Waals surface area (Å²) in [4.78, 5) is 13.4. The van der Waals surface area contributed by atoms with Crippen molar-refractivity contribution in [1.29, 1.82) is 0 Å². The average molecular weight is 180 g/mol. The van der Waals surface area contributed by atoms with Gasteiger partial charge in [-0.3, -0.25) is 10.1 Å². The highest BCUT2D eigenvalue weighted by Crippen LogP contribution is 2.07. The Balaban J connectivity index is 2.83. The van der Waals surface area contributed by atoms with Crippen molar-refractivity contribution in [1.82, 2.24) is 4.98 Å². The van der Waals surface area contributed by atoms with E-state index in [1.807, 2.05) is 0 Å². The Kier molecular flexibility index (Phi) is 2.97. The predicted molar refractivity (Wildman–Crippen MR) is 46.8 cm³/mol. The van der Waals surface area contributed by atoms with Crippen molar-refractivity contribution >= 4 is 6.08 Å². The third-order valence-electron chi connectivity index (χ3n) is 1.32. The summed E-state index contributed by atoms with van der Waals surface area (Å²) in [5.41, 5.74) is 0.496. The molecule has 68 valence electrons. The molecule has 0 spiro atoms. The molecule has 0 saturated heterocycles. The van der Waals surface area contributed by atoms with Crippen molar-refractivity contribution in [2.45, 2.75) is 0 Å². The molecule has 0 bridgehead atoms. The van der Waals surface area contributed by atoms with E-state index in [1.54, 1.807) is 18.2 Å². The van der Waals surface area contributed by atoms with Gasteiger partial charge in [-0.2, -0.15) is 0 Å². The van der Waals surface area contributed by atoms with Crippen molar-refractivity contribution in [2.75, 3.05) is 7.11 Å². The second-order valence-corrected chi connectivity index (χ2v) is 2.21. The Labute approximate surface area is 74.8 Å².